The standard InChI is InChI=1S/C6H9O.Y/c1-3-4-5-6-7-2;/h2-3,6H2,1H3;/q-1;. The van der Waals surface area contributed by atoms with Crippen molar-refractivity contribution in [2.75, 3.05) is 6.61 Å². The molecule has 0 aliphatic rings. The summed E-state index contributed by atoms with van der Waals surface area (Å²) in [6, 6.07) is 0. The summed E-state index contributed by atoms with van der Waals surface area (Å²) in [6.07, 6.45) is 0.892. The van der Waals surface area contributed by atoms with Crippen molar-refractivity contribution in [2.24, 2.45) is 0 Å². The molecular formula is C6H9OY-. The molecule has 43 valence electrons. The molecule has 0 spiro atoms. The maximum Gasteiger partial charge on any atom is 0.0750 e. The molecule has 0 unspecified atom stereocenters. The summed E-state index contributed by atoms with van der Waals surface area (Å²) in [6.45, 7) is 2.45. The van der Waals surface area contributed by atoms with Crippen molar-refractivity contribution < 1.29 is 37.4 Å². The Balaban J connectivity index is 0. The number of rotatable bonds is 1. The molecular weight excluding hydrogens is 177 g/mol. The largest absolute Gasteiger partial charge is 0.546 e. The predicted octanol–water partition coefficient (Wildman–Crippen LogP) is 1.21. The van der Waals surface area contributed by atoms with E-state index in [1.807, 2.05) is 6.92 Å². The summed E-state index contributed by atoms with van der Waals surface area (Å²) in [5.74, 6) is 5.58. The van der Waals surface area contributed by atoms with Gasteiger partial charge in [0, 0.05) is 39.1 Å². The molecule has 0 atom stereocenters. The first-order valence-electron chi connectivity index (χ1n) is 2.24. The quantitative estimate of drug-likeness (QED) is 0.441. The van der Waals surface area contributed by atoms with Gasteiger partial charge in [0.1, 0.15) is 0 Å². The predicted molar refractivity (Wildman–Crippen MR) is 29.4 cm³/mol. The van der Waals surface area contributed by atoms with E-state index in [0.717, 1.165) is 6.42 Å². The van der Waals surface area contributed by atoms with Gasteiger partial charge in [0.05, 0.1) is 6.61 Å². The van der Waals surface area contributed by atoms with E-state index >= 15 is 0 Å². The van der Waals surface area contributed by atoms with Crippen molar-refractivity contribution >= 4 is 0 Å². The molecule has 1 radical (unpaired) electrons. The molecule has 0 saturated heterocycles. The van der Waals surface area contributed by atoms with E-state index in [2.05, 4.69) is 23.7 Å². The molecule has 0 aromatic heterocycles. The molecule has 1 nitrogen and oxygen atoms in total. The Kier molecular flexibility index (Phi) is 15.1. The molecule has 2 heteroatoms. The maximum atomic E-state index is 4.42. The Bertz CT molecular complexity index is 80.3. The summed E-state index contributed by atoms with van der Waals surface area (Å²) < 4.78 is 4.42. The average molecular weight is 186 g/mol. The molecule has 0 saturated carbocycles. The minimum atomic E-state index is 0. The summed E-state index contributed by atoms with van der Waals surface area (Å²) in [4.78, 5) is 0. The molecule has 8 heavy (non-hydrogen) atoms. The number of hydrogen-bond donors (Lipinski definition) is 0. The van der Waals surface area contributed by atoms with Gasteiger partial charge in [-0.15, -0.1) is 5.92 Å². The Morgan fingerprint density at radius 3 is 2.50 bits per heavy atom. The summed E-state index contributed by atoms with van der Waals surface area (Å²) in [5, 5.41) is 0. The van der Waals surface area contributed by atoms with E-state index in [0.29, 0.717) is 6.61 Å². The first-order valence-corrected chi connectivity index (χ1v) is 2.24. The van der Waals surface area contributed by atoms with E-state index in [9.17, 15) is 0 Å². The van der Waals surface area contributed by atoms with Crippen LogP contribution in [-0.2, 0) is 37.4 Å². The van der Waals surface area contributed by atoms with Gasteiger partial charge in [0.25, 0.3) is 0 Å². The molecule has 0 aliphatic carbocycles. The Morgan fingerprint density at radius 1 is 1.50 bits per heavy atom. The summed E-state index contributed by atoms with van der Waals surface area (Å²) in [5.41, 5.74) is 0. The fourth-order valence-electron chi connectivity index (χ4n) is 0.227. The van der Waals surface area contributed by atoms with Gasteiger partial charge < -0.3 is 4.74 Å². The van der Waals surface area contributed by atoms with Crippen LogP contribution in [0.25, 0.3) is 0 Å². The number of hydrogen-bond acceptors (Lipinski definition) is 1. The van der Waals surface area contributed by atoms with Gasteiger partial charge in [-0.25, -0.2) is 7.11 Å². The second kappa shape index (κ2) is 10.6. The Morgan fingerprint density at radius 2 is 2.12 bits per heavy atom. The van der Waals surface area contributed by atoms with Gasteiger partial charge >= 0.3 is 0 Å². The van der Waals surface area contributed by atoms with Gasteiger partial charge in [-0.3, -0.25) is 0 Å². The maximum absolute atomic E-state index is 4.42. The molecule has 0 N–H and O–H groups in total. The molecule has 0 bridgehead atoms. The zero-order valence-electron chi connectivity index (χ0n) is 5.11. The second-order valence-corrected chi connectivity index (χ2v) is 1.06. The molecule has 0 aliphatic heterocycles. The Labute approximate surface area is 76.1 Å². The van der Waals surface area contributed by atoms with Crippen molar-refractivity contribution in [3.8, 4) is 11.8 Å². The monoisotopic (exact) mass is 186 g/mol. The van der Waals surface area contributed by atoms with Crippen molar-refractivity contribution in [3.05, 3.63) is 7.11 Å². The van der Waals surface area contributed by atoms with Gasteiger partial charge in [-0.2, -0.15) is 0 Å². The van der Waals surface area contributed by atoms with Crippen molar-refractivity contribution in [3.63, 3.8) is 0 Å². The zero-order valence-corrected chi connectivity index (χ0v) is 7.95. The van der Waals surface area contributed by atoms with Crippen molar-refractivity contribution in [2.45, 2.75) is 13.3 Å². The first kappa shape index (κ1) is 11.4. The van der Waals surface area contributed by atoms with Crippen molar-refractivity contribution in [1.82, 2.24) is 0 Å². The van der Waals surface area contributed by atoms with Crippen LogP contribution in [0.2, 0.25) is 0 Å². The first-order chi connectivity index (χ1) is 3.41. The van der Waals surface area contributed by atoms with E-state index in [-0.39, 0.29) is 32.7 Å². The zero-order chi connectivity index (χ0) is 5.54. The third kappa shape index (κ3) is 9.80. The van der Waals surface area contributed by atoms with Crippen LogP contribution < -0.4 is 0 Å². The Hall–Kier alpha value is 0.624. The van der Waals surface area contributed by atoms with Crippen LogP contribution in [0.1, 0.15) is 13.3 Å². The summed E-state index contributed by atoms with van der Waals surface area (Å²) >= 11 is 0. The normalized spacial score (nSPS) is 6.25. The minimum Gasteiger partial charge on any atom is -0.546 e. The van der Waals surface area contributed by atoms with Gasteiger partial charge in [-0.1, -0.05) is 12.8 Å². The van der Waals surface area contributed by atoms with Crippen LogP contribution in [0, 0.1) is 19.0 Å². The molecule has 0 amide bonds. The molecule has 0 aromatic rings. The smallest absolute Gasteiger partial charge is 0.0750 e. The fraction of sp³-hybridized carbons (Fsp3) is 0.500. The minimum absolute atomic E-state index is 0. The van der Waals surface area contributed by atoms with Crippen LogP contribution in [0.4, 0.5) is 0 Å². The third-order valence-corrected chi connectivity index (χ3v) is 0.476. The third-order valence-electron chi connectivity index (χ3n) is 0.476. The summed E-state index contributed by atoms with van der Waals surface area (Å²) in [7, 11) is 3.15. The van der Waals surface area contributed by atoms with Crippen molar-refractivity contribution in [1.29, 1.82) is 0 Å². The van der Waals surface area contributed by atoms with Crippen LogP contribution in [-0.4, -0.2) is 6.61 Å². The van der Waals surface area contributed by atoms with E-state index < -0.39 is 0 Å². The van der Waals surface area contributed by atoms with Gasteiger partial charge in [0.15, 0.2) is 0 Å². The molecule has 0 heterocycles. The number of ether oxygens (including phenoxy) is 1. The SMILES string of the molecule is [CH2-]OCC#CCC.[Y]. The topological polar surface area (TPSA) is 9.23 Å². The fourth-order valence-corrected chi connectivity index (χ4v) is 0.227. The van der Waals surface area contributed by atoms with Gasteiger partial charge in [0.2, 0.25) is 0 Å². The van der Waals surface area contributed by atoms with Crippen LogP contribution in [0.5, 0.6) is 0 Å². The van der Waals surface area contributed by atoms with E-state index in [4.69, 9.17) is 0 Å². The molecule has 0 rings (SSSR count). The second-order valence-electron chi connectivity index (χ2n) is 1.06. The molecule has 0 aromatic carbocycles. The van der Waals surface area contributed by atoms with E-state index in [1.165, 1.54) is 0 Å². The van der Waals surface area contributed by atoms with Crippen LogP contribution >= 0.6 is 0 Å². The molecule has 0 fully saturated rings. The van der Waals surface area contributed by atoms with Crippen LogP contribution in [0.15, 0.2) is 0 Å². The van der Waals surface area contributed by atoms with E-state index in [1.54, 1.807) is 0 Å². The average Bonchev–Trinajstić information content (AvgIpc) is 1.69. The van der Waals surface area contributed by atoms with Crippen LogP contribution in [0.3, 0.4) is 0 Å². The van der Waals surface area contributed by atoms with Gasteiger partial charge in [-0.05, 0) is 0 Å².